The molecule has 50 heavy (non-hydrogen) atoms. The molecule has 1 aromatic heterocycles. The SMILES string of the molecule is CC[C@H](C)[C@H](NC(=O)CCCCN(C)C)C(=O)N(C)C(C[C@@H](OC(=O)N(C)C)c1nc(C(=O)Oc2c(F)c(F)c(F)c(F)c2F)cs1)C(C)C. The number of benzene rings is 1. The molecule has 2 rings (SSSR count). The van der Waals surface area contributed by atoms with Crippen LogP contribution in [0.4, 0.5) is 26.7 Å². The molecule has 0 aliphatic carbocycles. The first kappa shape index (κ1) is 42.3. The quantitative estimate of drug-likeness (QED) is 0.0530. The lowest BCUT2D eigenvalue weighted by molar-refractivity contribution is -0.140. The molecule has 1 aromatic carbocycles. The third kappa shape index (κ3) is 11.1. The van der Waals surface area contributed by atoms with Crippen LogP contribution >= 0.6 is 11.3 Å². The summed E-state index contributed by atoms with van der Waals surface area (Å²) in [6, 6.07) is -1.43. The smallest absolute Gasteiger partial charge is 0.409 e. The Kier molecular flexibility index (Phi) is 16.0. The Morgan fingerprint density at radius 2 is 1.48 bits per heavy atom. The van der Waals surface area contributed by atoms with Crippen molar-refractivity contribution in [2.45, 2.75) is 78.0 Å². The summed E-state index contributed by atoms with van der Waals surface area (Å²) < 4.78 is 79.3. The Morgan fingerprint density at radius 1 is 0.900 bits per heavy atom. The predicted molar refractivity (Wildman–Crippen MR) is 176 cm³/mol. The highest BCUT2D eigenvalue weighted by Gasteiger charge is 2.36. The first-order chi connectivity index (χ1) is 23.3. The van der Waals surface area contributed by atoms with Crippen molar-refractivity contribution >= 4 is 35.2 Å². The molecule has 2 aromatic rings. The molecule has 0 radical (unpaired) electrons. The Morgan fingerprint density at radius 3 is 2.00 bits per heavy atom. The van der Waals surface area contributed by atoms with Gasteiger partial charge < -0.3 is 29.5 Å². The zero-order chi connectivity index (χ0) is 38.0. The molecule has 0 aliphatic heterocycles. The van der Waals surface area contributed by atoms with Gasteiger partial charge in [-0.15, -0.1) is 11.3 Å². The summed E-state index contributed by atoms with van der Waals surface area (Å²) in [4.78, 5) is 61.0. The van der Waals surface area contributed by atoms with Crippen LogP contribution in [0.25, 0.3) is 0 Å². The lowest BCUT2D eigenvalue weighted by Crippen LogP contribution is -2.54. The number of nitrogens with zero attached hydrogens (tertiary/aromatic N) is 4. The zero-order valence-electron chi connectivity index (χ0n) is 29.7. The summed E-state index contributed by atoms with van der Waals surface area (Å²) in [7, 11) is 8.33. The molecular formula is C33H46F5N5O6S. The normalized spacial score (nSPS) is 13.8. The molecule has 0 saturated heterocycles. The van der Waals surface area contributed by atoms with Crippen molar-refractivity contribution in [3.63, 3.8) is 0 Å². The van der Waals surface area contributed by atoms with Gasteiger partial charge in [0.2, 0.25) is 46.6 Å². The number of rotatable bonds is 17. The highest BCUT2D eigenvalue weighted by atomic mass is 32.1. The number of carbonyl (C=O) groups excluding carboxylic acids is 4. The second-order valence-corrected chi connectivity index (χ2v) is 13.7. The number of amides is 3. The molecular weight excluding hydrogens is 689 g/mol. The second-order valence-electron chi connectivity index (χ2n) is 12.8. The van der Waals surface area contributed by atoms with Crippen LogP contribution < -0.4 is 10.1 Å². The molecule has 0 fully saturated rings. The van der Waals surface area contributed by atoms with E-state index in [4.69, 9.17) is 4.74 Å². The maximum Gasteiger partial charge on any atom is 0.409 e. The van der Waals surface area contributed by atoms with E-state index in [0.717, 1.165) is 34.6 Å². The Hall–Kier alpha value is -3.86. The van der Waals surface area contributed by atoms with Crippen LogP contribution in [0.15, 0.2) is 5.38 Å². The molecule has 1 heterocycles. The molecule has 3 amide bonds. The van der Waals surface area contributed by atoms with E-state index in [1.54, 1.807) is 7.05 Å². The van der Waals surface area contributed by atoms with Gasteiger partial charge in [0.15, 0.2) is 11.8 Å². The fraction of sp³-hybridized carbons (Fsp3) is 0.606. The Labute approximate surface area is 293 Å². The van der Waals surface area contributed by atoms with E-state index in [2.05, 4.69) is 15.0 Å². The standard InChI is InChI=1S/C33H46F5N5O6S/c1-10-18(4)28(40-22(44)13-11-12-14-41(5)6)31(45)43(9)20(17(2)3)15-21(48-33(47)42(7)8)30-39-19(16-50-30)32(46)49-29-26(37)24(35)23(34)25(36)27(29)38/h16-18,20-21,28H,10-15H2,1-9H3,(H,40,44)/t18-,20?,21+,28-/m0/s1. The lowest BCUT2D eigenvalue weighted by Gasteiger charge is -2.37. The summed E-state index contributed by atoms with van der Waals surface area (Å²) in [6.07, 6.45) is 0.354. The van der Waals surface area contributed by atoms with E-state index in [1.165, 1.54) is 19.0 Å². The maximum absolute atomic E-state index is 14.2. The van der Waals surface area contributed by atoms with Crippen LogP contribution in [0.1, 0.15) is 81.4 Å². The van der Waals surface area contributed by atoms with Gasteiger partial charge in [-0.25, -0.2) is 27.7 Å². The molecule has 0 aliphatic rings. The zero-order valence-corrected chi connectivity index (χ0v) is 30.6. The first-order valence-corrected chi connectivity index (χ1v) is 17.0. The first-order valence-electron chi connectivity index (χ1n) is 16.1. The Balaban J connectivity index is 2.37. The summed E-state index contributed by atoms with van der Waals surface area (Å²) in [5.41, 5.74) is -0.560. The number of hydrogen-bond acceptors (Lipinski definition) is 9. The molecule has 4 atom stereocenters. The topological polar surface area (TPSA) is 121 Å². The number of thiazole rings is 1. The van der Waals surface area contributed by atoms with Crippen LogP contribution in [-0.4, -0.2) is 97.4 Å². The van der Waals surface area contributed by atoms with Crippen molar-refractivity contribution in [1.29, 1.82) is 0 Å². The molecule has 17 heteroatoms. The molecule has 1 unspecified atom stereocenters. The van der Waals surface area contributed by atoms with Gasteiger partial charge in [0.05, 0.1) is 0 Å². The minimum Gasteiger partial charge on any atom is -0.439 e. The number of aromatic nitrogens is 1. The van der Waals surface area contributed by atoms with Crippen molar-refractivity contribution in [2.75, 3.05) is 41.8 Å². The number of unbranched alkanes of at least 4 members (excludes halogenated alkanes) is 1. The van der Waals surface area contributed by atoms with Crippen LogP contribution in [0.2, 0.25) is 0 Å². The average molecular weight is 736 g/mol. The van der Waals surface area contributed by atoms with E-state index in [-0.39, 0.29) is 41.5 Å². The number of likely N-dealkylation sites (N-methyl/N-ethyl adjacent to an activating group) is 1. The van der Waals surface area contributed by atoms with Crippen molar-refractivity contribution in [3.8, 4) is 5.75 Å². The van der Waals surface area contributed by atoms with Gasteiger partial charge in [-0.05, 0) is 45.3 Å². The largest absolute Gasteiger partial charge is 0.439 e. The van der Waals surface area contributed by atoms with Crippen molar-refractivity contribution < 1.29 is 50.6 Å². The number of nitrogens with one attached hydrogen (secondary N) is 1. The second kappa shape index (κ2) is 18.9. The number of halogens is 5. The van der Waals surface area contributed by atoms with Crippen LogP contribution in [0.5, 0.6) is 5.75 Å². The minimum absolute atomic E-state index is 0.0230. The van der Waals surface area contributed by atoms with Crippen LogP contribution in [0.3, 0.4) is 0 Å². The van der Waals surface area contributed by atoms with Crippen molar-refractivity contribution in [2.24, 2.45) is 11.8 Å². The van der Waals surface area contributed by atoms with Gasteiger partial charge in [-0.2, -0.15) is 8.78 Å². The fourth-order valence-corrected chi connectivity index (χ4v) is 5.73. The van der Waals surface area contributed by atoms with Crippen LogP contribution in [0, 0.1) is 40.9 Å². The third-order valence-electron chi connectivity index (χ3n) is 8.10. The number of carbonyl (C=O) groups is 4. The molecule has 0 bridgehead atoms. The highest BCUT2D eigenvalue weighted by Crippen LogP contribution is 2.33. The summed E-state index contributed by atoms with van der Waals surface area (Å²) >= 11 is 0.809. The molecule has 11 nitrogen and oxygen atoms in total. The van der Waals surface area contributed by atoms with Gasteiger partial charge in [-0.1, -0.05) is 34.1 Å². The maximum atomic E-state index is 14.2. The van der Waals surface area contributed by atoms with Crippen molar-refractivity contribution in [3.05, 3.63) is 45.2 Å². The van der Waals surface area contributed by atoms with E-state index < -0.39 is 70.8 Å². The number of hydrogen-bond donors (Lipinski definition) is 1. The van der Waals surface area contributed by atoms with Crippen molar-refractivity contribution in [1.82, 2.24) is 25.0 Å². The molecule has 1 N–H and O–H groups in total. The molecule has 280 valence electrons. The van der Waals surface area contributed by atoms with E-state index >= 15 is 0 Å². The summed E-state index contributed by atoms with van der Waals surface area (Å²) in [6.45, 7) is 8.27. The van der Waals surface area contributed by atoms with Gasteiger partial charge in [0, 0.05) is 45.4 Å². The van der Waals surface area contributed by atoms with E-state index in [1.807, 2.05) is 46.7 Å². The van der Waals surface area contributed by atoms with Gasteiger partial charge in [-0.3, -0.25) is 9.59 Å². The van der Waals surface area contributed by atoms with E-state index in [0.29, 0.717) is 12.8 Å². The Bertz CT molecular complexity index is 1480. The predicted octanol–water partition coefficient (Wildman–Crippen LogP) is 5.93. The van der Waals surface area contributed by atoms with Gasteiger partial charge in [0.1, 0.15) is 11.0 Å². The molecule has 0 spiro atoms. The van der Waals surface area contributed by atoms with E-state index in [9.17, 15) is 41.1 Å². The fourth-order valence-electron chi connectivity index (χ4n) is 4.90. The third-order valence-corrected chi connectivity index (χ3v) is 9.04. The summed E-state index contributed by atoms with van der Waals surface area (Å²) in [5.74, 6) is -16.1. The minimum atomic E-state index is -2.42. The monoisotopic (exact) mass is 735 g/mol. The average Bonchev–Trinajstić information content (AvgIpc) is 3.56. The summed E-state index contributed by atoms with van der Waals surface area (Å²) in [5, 5.41) is 4.03. The number of esters is 1. The molecule has 0 saturated carbocycles. The van der Waals surface area contributed by atoms with Gasteiger partial charge >= 0.3 is 12.1 Å². The number of ether oxygens (including phenoxy) is 2. The lowest BCUT2D eigenvalue weighted by atomic mass is 9.93. The van der Waals surface area contributed by atoms with Crippen LogP contribution in [-0.2, 0) is 14.3 Å². The highest BCUT2D eigenvalue weighted by molar-refractivity contribution is 7.09. The van der Waals surface area contributed by atoms with Gasteiger partial charge in [0.25, 0.3) is 0 Å².